The van der Waals surface area contributed by atoms with E-state index < -0.39 is 23.0 Å². The van der Waals surface area contributed by atoms with Gasteiger partial charge in [-0.2, -0.15) is 0 Å². The second-order valence-electron chi connectivity index (χ2n) is 10.0. The summed E-state index contributed by atoms with van der Waals surface area (Å²) in [6.07, 6.45) is 3.78. The third kappa shape index (κ3) is 13.9. The number of rotatable bonds is 13. The van der Waals surface area contributed by atoms with Gasteiger partial charge in [-0.3, -0.25) is 4.79 Å². The summed E-state index contributed by atoms with van der Waals surface area (Å²) in [4.78, 5) is 22.0. The van der Waals surface area contributed by atoms with E-state index in [0.29, 0.717) is 26.1 Å². The highest BCUT2D eigenvalue weighted by Crippen LogP contribution is 2.25. The van der Waals surface area contributed by atoms with Gasteiger partial charge in [0.1, 0.15) is 0 Å². The lowest BCUT2D eigenvalue weighted by Gasteiger charge is -2.31. The lowest BCUT2D eigenvalue weighted by Crippen LogP contribution is -2.47. The summed E-state index contributed by atoms with van der Waals surface area (Å²) in [6, 6.07) is 0. The van der Waals surface area contributed by atoms with Crippen molar-refractivity contribution in [1.82, 2.24) is 5.32 Å². The fraction of sp³-hybridized carbons (Fsp3) is 0.905. The normalized spacial score (nSPS) is 13.5. The summed E-state index contributed by atoms with van der Waals surface area (Å²) in [5.74, 6) is -2.49. The molecule has 0 aliphatic heterocycles. The minimum atomic E-state index is -1.48. The molecule has 0 aromatic rings. The topological polar surface area (TPSA) is 105 Å². The maximum Gasteiger partial charge on any atom is 0.394 e. The number of aliphatic carboxylic acids is 1. The fourth-order valence-electron chi connectivity index (χ4n) is 2.67. The molecule has 1 amide bonds. The summed E-state index contributed by atoms with van der Waals surface area (Å²) >= 11 is 0. The third-order valence-corrected chi connectivity index (χ3v) is 4.63. The molecule has 0 aliphatic rings. The van der Waals surface area contributed by atoms with E-state index in [-0.39, 0.29) is 11.2 Å². The van der Waals surface area contributed by atoms with E-state index in [4.69, 9.17) is 14.6 Å². The standard InChI is InChI=1S/C21H41NO6/c1-18(2,22-16(23)17(24)25)12-14-27-20(5,6)10-9-11-21(7,8)28-15-13-19(3,4)26/h26H,9-15H2,1-8H3,(H,22,23)(H,24,25). The molecule has 0 aromatic carbocycles. The molecule has 0 atom stereocenters. The second kappa shape index (κ2) is 10.6. The first kappa shape index (κ1) is 26.8. The van der Waals surface area contributed by atoms with E-state index in [9.17, 15) is 14.7 Å². The van der Waals surface area contributed by atoms with Gasteiger partial charge < -0.3 is 25.0 Å². The van der Waals surface area contributed by atoms with Crippen LogP contribution in [0.15, 0.2) is 0 Å². The first-order valence-electron chi connectivity index (χ1n) is 10.0. The lowest BCUT2D eigenvalue weighted by atomic mass is 9.94. The third-order valence-electron chi connectivity index (χ3n) is 4.63. The van der Waals surface area contributed by atoms with Gasteiger partial charge in [0.2, 0.25) is 0 Å². The Kier molecular flexibility index (Phi) is 10.1. The predicted molar refractivity (Wildman–Crippen MR) is 109 cm³/mol. The average Bonchev–Trinajstić information content (AvgIpc) is 2.43. The summed E-state index contributed by atoms with van der Waals surface area (Å²) in [5.41, 5.74) is -1.95. The van der Waals surface area contributed by atoms with Crippen molar-refractivity contribution >= 4 is 11.9 Å². The van der Waals surface area contributed by atoms with Crippen LogP contribution in [0.3, 0.4) is 0 Å². The number of nitrogens with one attached hydrogen (secondary N) is 1. The fourth-order valence-corrected chi connectivity index (χ4v) is 2.67. The van der Waals surface area contributed by atoms with Gasteiger partial charge in [0.25, 0.3) is 0 Å². The van der Waals surface area contributed by atoms with E-state index in [1.807, 2.05) is 13.8 Å². The zero-order valence-corrected chi connectivity index (χ0v) is 19.0. The Balaban J connectivity index is 4.23. The van der Waals surface area contributed by atoms with E-state index in [2.05, 4.69) is 19.2 Å². The van der Waals surface area contributed by atoms with Crippen molar-refractivity contribution in [2.45, 2.75) is 110 Å². The van der Waals surface area contributed by atoms with Crippen molar-refractivity contribution in [2.75, 3.05) is 13.2 Å². The van der Waals surface area contributed by atoms with Gasteiger partial charge in [-0.15, -0.1) is 0 Å². The minimum absolute atomic E-state index is 0.259. The maximum atomic E-state index is 11.3. The van der Waals surface area contributed by atoms with E-state index in [1.54, 1.807) is 27.7 Å². The number of amides is 1. The number of carboxylic acid groups (broad SMARTS) is 1. The van der Waals surface area contributed by atoms with Crippen LogP contribution in [0, 0.1) is 0 Å². The van der Waals surface area contributed by atoms with Crippen molar-refractivity contribution in [3.05, 3.63) is 0 Å². The summed E-state index contributed by atoms with van der Waals surface area (Å²) in [6.45, 7) is 16.2. The SMILES string of the molecule is CC(C)(O)CCOC(C)(C)CCCC(C)(C)OCCC(C)(C)NC(=O)C(=O)O. The second-order valence-corrected chi connectivity index (χ2v) is 10.0. The predicted octanol–water partition coefficient (Wildman–Crippen LogP) is 3.28. The Morgan fingerprint density at radius 1 is 0.786 bits per heavy atom. The number of hydrogen-bond donors (Lipinski definition) is 3. The van der Waals surface area contributed by atoms with Gasteiger partial charge in [-0.25, -0.2) is 4.79 Å². The first-order valence-corrected chi connectivity index (χ1v) is 10.0. The van der Waals surface area contributed by atoms with E-state index >= 15 is 0 Å². The summed E-state index contributed by atoms with van der Waals surface area (Å²) < 4.78 is 11.9. The van der Waals surface area contributed by atoms with Gasteiger partial charge >= 0.3 is 11.9 Å². The molecule has 0 rings (SSSR count). The van der Waals surface area contributed by atoms with Crippen LogP contribution in [0.25, 0.3) is 0 Å². The van der Waals surface area contributed by atoms with Crippen LogP contribution in [-0.2, 0) is 19.1 Å². The van der Waals surface area contributed by atoms with E-state index in [1.165, 1.54) is 0 Å². The van der Waals surface area contributed by atoms with Crippen LogP contribution in [0.4, 0.5) is 0 Å². The van der Waals surface area contributed by atoms with Crippen LogP contribution in [-0.4, -0.2) is 57.6 Å². The van der Waals surface area contributed by atoms with Gasteiger partial charge in [-0.05, 0) is 87.5 Å². The van der Waals surface area contributed by atoms with Crippen molar-refractivity contribution in [1.29, 1.82) is 0 Å². The van der Waals surface area contributed by atoms with Crippen LogP contribution in [0.2, 0.25) is 0 Å². The quantitative estimate of drug-likeness (QED) is 0.408. The molecule has 7 nitrogen and oxygen atoms in total. The Hall–Kier alpha value is -1.18. The molecule has 0 fully saturated rings. The molecule has 0 heterocycles. The molecule has 0 unspecified atom stereocenters. The zero-order chi connectivity index (χ0) is 22.2. The molecule has 7 heteroatoms. The Morgan fingerprint density at radius 2 is 1.21 bits per heavy atom. The molecular weight excluding hydrogens is 362 g/mol. The molecule has 166 valence electrons. The van der Waals surface area contributed by atoms with E-state index in [0.717, 1.165) is 19.3 Å². The minimum Gasteiger partial charge on any atom is -0.474 e. The van der Waals surface area contributed by atoms with Crippen molar-refractivity contribution < 1.29 is 29.3 Å². The maximum absolute atomic E-state index is 11.3. The van der Waals surface area contributed by atoms with Gasteiger partial charge in [0.15, 0.2) is 0 Å². The van der Waals surface area contributed by atoms with Gasteiger partial charge in [0, 0.05) is 12.1 Å². The molecular formula is C21H41NO6. The van der Waals surface area contributed by atoms with Crippen LogP contribution in [0.5, 0.6) is 0 Å². The average molecular weight is 404 g/mol. The Morgan fingerprint density at radius 3 is 1.61 bits per heavy atom. The van der Waals surface area contributed by atoms with Crippen LogP contribution >= 0.6 is 0 Å². The summed E-state index contributed by atoms with van der Waals surface area (Å²) in [5, 5.41) is 20.9. The Bertz CT molecular complexity index is 506. The molecule has 3 N–H and O–H groups in total. The van der Waals surface area contributed by atoms with Crippen molar-refractivity contribution in [3.8, 4) is 0 Å². The number of carbonyl (C=O) groups is 2. The highest BCUT2D eigenvalue weighted by molar-refractivity contribution is 6.31. The number of aliphatic hydroxyl groups is 1. The molecule has 0 aromatic heterocycles. The smallest absolute Gasteiger partial charge is 0.394 e. The molecule has 28 heavy (non-hydrogen) atoms. The molecule has 0 radical (unpaired) electrons. The molecule has 0 saturated carbocycles. The lowest BCUT2D eigenvalue weighted by molar-refractivity contribution is -0.151. The van der Waals surface area contributed by atoms with Gasteiger partial charge in [-0.1, -0.05) is 0 Å². The highest BCUT2D eigenvalue weighted by atomic mass is 16.5. The number of ether oxygens (including phenoxy) is 2. The monoisotopic (exact) mass is 403 g/mol. The molecule has 0 aliphatic carbocycles. The van der Waals surface area contributed by atoms with Gasteiger partial charge in [0.05, 0.1) is 23.4 Å². The number of carbonyl (C=O) groups excluding carboxylic acids is 1. The van der Waals surface area contributed by atoms with Crippen LogP contribution < -0.4 is 5.32 Å². The first-order chi connectivity index (χ1) is 12.4. The van der Waals surface area contributed by atoms with Crippen molar-refractivity contribution in [2.24, 2.45) is 0 Å². The molecule has 0 spiro atoms. The summed E-state index contributed by atoms with van der Waals surface area (Å²) in [7, 11) is 0. The number of hydrogen-bond acceptors (Lipinski definition) is 5. The molecule has 0 bridgehead atoms. The molecule has 0 saturated heterocycles. The largest absolute Gasteiger partial charge is 0.474 e. The van der Waals surface area contributed by atoms with Crippen molar-refractivity contribution in [3.63, 3.8) is 0 Å². The number of carboxylic acids is 1. The van der Waals surface area contributed by atoms with Crippen LogP contribution in [0.1, 0.15) is 87.5 Å². The Labute approximate surface area is 170 Å². The zero-order valence-electron chi connectivity index (χ0n) is 19.0. The highest BCUT2D eigenvalue weighted by Gasteiger charge is 2.27.